The van der Waals surface area contributed by atoms with E-state index in [-0.39, 0.29) is 26.6 Å². The number of rotatable bonds is 1. The van der Waals surface area contributed by atoms with Crippen LogP contribution >= 0.6 is 0 Å². The number of carbonyl (C=O) groups excluding carboxylic acids is 1. The zero-order valence-electron chi connectivity index (χ0n) is 14.8. The van der Waals surface area contributed by atoms with Crippen molar-refractivity contribution in [1.29, 1.82) is 0 Å². The average molecular weight is 551 g/mol. The van der Waals surface area contributed by atoms with Gasteiger partial charge in [0.15, 0.2) is 6.03 Å². The van der Waals surface area contributed by atoms with E-state index in [0.29, 0.717) is 17.0 Å². The van der Waals surface area contributed by atoms with Gasteiger partial charge >= 0.3 is 0 Å². The molecule has 0 saturated heterocycles. The molecule has 8 heteroatoms. The molecule has 0 radical (unpaired) electrons. The topological polar surface area (TPSA) is 62.6 Å². The molecule has 1 N–H and O–H groups in total. The van der Waals surface area contributed by atoms with Crippen molar-refractivity contribution in [3.05, 3.63) is 90.9 Å². The van der Waals surface area contributed by atoms with Crippen LogP contribution in [-0.2, 0) is 21.1 Å². The van der Waals surface area contributed by atoms with E-state index in [9.17, 15) is 13.6 Å². The van der Waals surface area contributed by atoms with E-state index in [1.165, 1.54) is 10.6 Å². The smallest absolute Gasteiger partial charge is 0.172 e. The van der Waals surface area contributed by atoms with Crippen molar-refractivity contribution in [3.8, 4) is 11.3 Å². The van der Waals surface area contributed by atoms with Crippen molar-refractivity contribution in [3.63, 3.8) is 0 Å². The molecule has 0 aliphatic rings. The third-order valence-electron chi connectivity index (χ3n) is 3.54. The van der Waals surface area contributed by atoms with Crippen LogP contribution in [0.2, 0.25) is 0 Å². The van der Waals surface area contributed by atoms with Gasteiger partial charge < -0.3 is 15.0 Å². The number of nitrogens with zero attached hydrogens (tertiary/aromatic N) is 3. The van der Waals surface area contributed by atoms with Gasteiger partial charge in [-0.2, -0.15) is 12.5 Å². The maximum atomic E-state index is 13.7. The Morgan fingerprint density at radius 3 is 2.33 bits per heavy atom. The van der Waals surface area contributed by atoms with Gasteiger partial charge in [0.1, 0.15) is 0 Å². The fraction of sp³-hybridized carbons (Fsp3) is 0.105. The fourth-order valence-corrected chi connectivity index (χ4v) is 2.45. The van der Waals surface area contributed by atoms with Gasteiger partial charge in [-0.05, 0) is 31.7 Å². The summed E-state index contributed by atoms with van der Waals surface area (Å²) in [7, 11) is 3.73. The predicted octanol–water partition coefficient (Wildman–Crippen LogP) is 4.26. The predicted molar refractivity (Wildman–Crippen MR) is 94.0 cm³/mol. The van der Waals surface area contributed by atoms with Crippen molar-refractivity contribution >= 4 is 6.03 Å². The summed E-state index contributed by atoms with van der Waals surface area (Å²) in [6.45, 7) is 7.17. The first-order valence-electron chi connectivity index (χ1n) is 7.63. The third-order valence-corrected chi connectivity index (χ3v) is 3.54. The second kappa shape index (κ2) is 9.33. The van der Waals surface area contributed by atoms with Crippen molar-refractivity contribution in [1.82, 2.24) is 9.78 Å². The van der Waals surface area contributed by atoms with E-state index in [0.717, 1.165) is 16.4 Å². The van der Waals surface area contributed by atoms with Crippen LogP contribution in [0.15, 0.2) is 42.6 Å². The van der Waals surface area contributed by atoms with Gasteiger partial charge in [-0.25, -0.2) is 8.78 Å². The summed E-state index contributed by atoms with van der Waals surface area (Å²) < 4.78 is 29.2. The normalized spacial score (nSPS) is 9.78. The Bertz CT molecular complexity index is 934. The Morgan fingerprint density at radius 1 is 1.22 bits per heavy atom. The summed E-state index contributed by atoms with van der Waals surface area (Å²) in [5, 5.41) is 3.79. The second-order valence-electron chi connectivity index (χ2n) is 5.62. The number of aryl methyl sites for hydroxylation is 2. The molecule has 0 unspecified atom stereocenters. The minimum Gasteiger partial charge on any atom is -0.446 e. The molecule has 0 fully saturated rings. The molecule has 1 aromatic carbocycles. The van der Waals surface area contributed by atoms with Gasteiger partial charge in [-0.3, -0.25) is 9.89 Å². The number of benzene rings is 1. The third kappa shape index (κ3) is 5.41. The van der Waals surface area contributed by atoms with Crippen LogP contribution in [-0.4, -0.2) is 15.8 Å². The minimum absolute atomic E-state index is 0. The summed E-state index contributed by atoms with van der Waals surface area (Å²) in [4.78, 5) is 10.4. The maximum absolute atomic E-state index is 13.7. The molecule has 0 spiro atoms. The summed E-state index contributed by atoms with van der Waals surface area (Å²) in [6.07, 6.45) is 1.69. The van der Waals surface area contributed by atoms with Crippen LogP contribution in [0.4, 0.5) is 13.6 Å². The first kappa shape index (κ1) is 22.4. The number of carbonyl (C=O) groups is 1. The number of hydrogen-bond donors (Lipinski definition) is 0. The fourth-order valence-electron chi connectivity index (χ4n) is 2.45. The number of nitrogens with one attached hydrogen (secondary N) is 1. The van der Waals surface area contributed by atoms with E-state index >= 15 is 0 Å². The van der Waals surface area contributed by atoms with Gasteiger partial charge in [0.2, 0.25) is 0 Å². The molecule has 27 heavy (non-hydrogen) atoms. The molecule has 0 aliphatic carbocycles. The summed E-state index contributed by atoms with van der Waals surface area (Å²) in [6, 6.07) is 8.26. The molecular weight excluding hydrogens is 533 g/mol. The molecule has 3 aromatic rings. The number of amides is 1. The molecule has 0 saturated carbocycles. The van der Waals surface area contributed by atoms with Crippen molar-refractivity contribution in [2.75, 3.05) is 0 Å². The molecule has 3 rings (SSSR count). The first-order chi connectivity index (χ1) is 12.2. The zero-order valence-corrected chi connectivity index (χ0v) is 17.0. The average Bonchev–Trinajstić information content (AvgIpc) is 2.88. The monoisotopic (exact) mass is 551 g/mol. The van der Waals surface area contributed by atoms with Crippen LogP contribution in [0, 0.1) is 39.5 Å². The largest absolute Gasteiger partial charge is 0.446 e. The summed E-state index contributed by atoms with van der Waals surface area (Å²) >= 11 is 0. The summed E-state index contributed by atoms with van der Waals surface area (Å²) in [5.74, 6) is -1.26. The molecule has 0 bridgehead atoms. The molecular formula is C19H18F2N4OPt-2. The van der Waals surface area contributed by atoms with E-state index < -0.39 is 17.7 Å². The van der Waals surface area contributed by atoms with Gasteiger partial charge in [-0.1, -0.05) is 23.8 Å². The Kier molecular flexibility index (Phi) is 7.73. The molecule has 2 heterocycles. The maximum Gasteiger partial charge on any atom is 0.172 e. The minimum atomic E-state index is -0.786. The number of aromatic nitrogens is 3. The number of hydrogen-bond acceptors (Lipinski definition) is 2. The number of halogens is 2. The number of pyridine rings is 1. The molecule has 146 valence electrons. The van der Waals surface area contributed by atoms with Crippen molar-refractivity contribution < 1.29 is 39.2 Å². The quantitative estimate of drug-likeness (QED) is 0.335. The SMILES string of the molecule is Cc1cc(C)n(C([NH-])=O)n1.[CH2-]c1cc(F)cc(F)c1-c1cccc[n+]1[CH2-].[Pt]. The first-order valence-corrected chi connectivity index (χ1v) is 7.63. The van der Waals surface area contributed by atoms with E-state index in [4.69, 9.17) is 5.73 Å². The standard InChI is InChI=1S/C13H10F2N.C6H9N3O.Pt/c1-9-7-10(14)8-11(15)13(9)12-5-3-4-6-16(12)2;1-4-3-5(2)9(8-4)6(7)10;/h3-8H,1-2H2;3H,1-2H3,(H2,7,10);/q-1;;/p-1. The molecule has 2 aromatic heterocycles. The Morgan fingerprint density at radius 2 is 1.89 bits per heavy atom. The van der Waals surface area contributed by atoms with Crippen LogP contribution in [0.25, 0.3) is 17.0 Å². The van der Waals surface area contributed by atoms with E-state index in [2.05, 4.69) is 19.1 Å². The Balaban J connectivity index is 0.000000288. The molecule has 0 atom stereocenters. The Labute approximate surface area is 171 Å². The second-order valence-corrected chi connectivity index (χ2v) is 5.62. The van der Waals surface area contributed by atoms with Crippen LogP contribution in [0.5, 0.6) is 0 Å². The molecule has 0 aliphatic heterocycles. The molecule has 1 amide bonds. The van der Waals surface area contributed by atoms with Gasteiger partial charge in [0, 0.05) is 33.8 Å². The zero-order chi connectivity index (χ0) is 19.4. The van der Waals surface area contributed by atoms with Crippen LogP contribution in [0.1, 0.15) is 17.0 Å². The Hall–Kier alpha value is -2.66. The summed E-state index contributed by atoms with van der Waals surface area (Å²) in [5.41, 5.74) is 9.34. The van der Waals surface area contributed by atoms with Gasteiger partial charge in [-0.15, -0.1) is 6.07 Å². The van der Waals surface area contributed by atoms with Crippen LogP contribution in [0.3, 0.4) is 0 Å². The van der Waals surface area contributed by atoms with Crippen molar-refractivity contribution in [2.24, 2.45) is 0 Å². The van der Waals surface area contributed by atoms with E-state index in [1.54, 1.807) is 44.3 Å². The van der Waals surface area contributed by atoms with Crippen molar-refractivity contribution in [2.45, 2.75) is 13.8 Å². The van der Waals surface area contributed by atoms with Gasteiger partial charge in [0.25, 0.3) is 0 Å². The van der Waals surface area contributed by atoms with E-state index in [1.807, 2.05) is 0 Å². The van der Waals surface area contributed by atoms with Gasteiger partial charge in [0.05, 0.1) is 23.5 Å². The molecule has 5 nitrogen and oxygen atoms in total. The van der Waals surface area contributed by atoms with Crippen LogP contribution < -0.4 is 4.57 Å².